The zero-order valence-electron chi connectivity index (χ0n) is 25.2. The Bertz CT molecular complexity index is 1470. The van der Waals surface area contributed by atoms with Gasteiger partial charge in [-0.25, -0.2) is 17.1 Å². The van der Waals surface area contributed by atoms with E-state index in [9.17, 15) is 32.7 Å². The lowest BCUT2D eigenvalue weighted by molar-refractivity contribution is -0.139. The van der Waals surface area contributed by atoms with E-state index in [-0.39, 0.29) is 47.5 Å². The number of imide groups is 1. The van der Waals surface area contributed by atoms with E-state index in [2.05, 4.69) is 5.32 Å². The van der Waals surface area contributed by atoms with Crippen LogP contribution in [0.15, 0.2) is 12.1 Å². The molecule has 0 radical (unpaired) electrons. The Hall–Kier alpha value is -3.14. The van der Waals surface area contributed by atoms with E-state index < -0.39 is 51.1 Å². The van der Waals surface area contributed by atoms with Crippen LogP contribution in [0.2, 0.25) is 0 Å². The summed E-state index contributed by atoms with van der Waals surface area (Å²) in [5.41, 5.74) is 6.36. The molecule has 246 valence electrons. The molecule has 4 fully saturated rings. The van der Waals surface area contributed by atoms with E-state index in [0.717, 1.165) is 11.0 Å². The summed E-state index contributed by atoms with van der Waals surface area (Å²) in [5.74, 6) is -2.19. The molecule has 1 aromatic rings. The zero-order valence-corrected chi connectivity index (χ0v) is 26.0. The van der Waals surface area contributed by atoms with Gasteiger partial charge >= 0.3 is 0 Å². The maximum atomic E-state index is 15.3. The molecule has 2 unspecified atom stereocenters. The van der Waals surface area contributed by atoms with Crippen LogP contribution in [0.3, 0.4) is 0 Å². The largest absolute Gasteiger partial charge is 0.369 e. The molecule has 2 atom stereocenters. The highest BCUT2D eigenvalue weighted by atomic mass is 32.2. The number of hydrogen-bond acceptors (Lipinski definition) is 9. The van der Waals surface area contributed by atoms with Crippen molar-refractivity contribution >= 4 is 39.3 Å². The maximum Gasteiger partial charge on any atom is 0.257 e. The first-order valence-electron chi connectivity index (χ1n) is 15.9. The fourth-order valence-corrected chi connectivity index (χ4v) is 9.32. The van der Waals surface area contributed by atoms with Gasteiger partial charge in [-0.15, -0.1) is 0 Å². The number of aliphatic hydroxyl groups excluding tert-OH is 1. The van der Waals surface area contributed by atoms with Crippen molar-refractivity contribution < 1.29 is 37.1 Å². The Labute approximate surface area is 261 Å². The van der Waals surface area contributed by atoms with Crippen LogP contribution in [0.1, 0.15) is 79.9 Å². The minimum Gasteiger partial charge on any atom is -0.369 e. The number of nitrogens with two attached hydrogens (primary N) is 1. The highest BCUT2D eigenvalue weighted by molar-refractivity contribution is 7.89. The molecular weight excluding hydrogens is 607 g/mol. The summed E-state index contributed by atoms with van der Waals surface area (Å²) >= 11 is 0. The van der Waals surface area contributed by atoms with Crippen molar-refractivity contribution in [2.45, 2.75) is 81.3 Å². The molecule has 5 aliphatic rings. The normalized spacial score (nSPS) is 26.4. The molecule has 0 spiro atoms. The Kier molecular flexibility index (Phi) is 8.89. The van der Waals surface area contributed by atoms with Crippen molar-refractivity contribution in [3.05, 3.63) is 29.1 Å². The molecule has 4 saturated heterocycles. The maximum absolute atomic E-state index is 15.3. The number of carbonyl (C=O) groups excluding carboxylic acids is 4. The van der Waals surface area contributed by atoms with Crippen molar-refractivity contribution in [1.82, 2.24) is 19.4 Å². The summed E-state index contributed by atoms with van der Waals surface area (Å²) in [6.45, 7) is 2.67. The lowest BCUT2D eigenvalue weighted by atomic mass is 9.92. The SMILES string of the molecule is NC1CCN(S(=O)(=O)C2CCN(C(=O)CC3CCN(c4cc5c(cc4F)C(O)N(C4CCC(=O)NC4=O)C5=O)CC3)CC2)CC1. The number of amides is 4. The summed E-state index contributed by atoms with van der Waals surface area (Å²) in [6, 6.07) is 1.58. The highest BCUT2D eigenvalue weighted by Crippen LogP contribution is 2.39. The van der Waals surface area contributed by atoms with Crippen molar-refractivity contribution in [2.75, 3.05) is 44.2 Å². The van der Waals surface area contributed by atoms with Gasteiger partial charge in [-0.3, -0.25) is 29.4 Å². The number of halogens is 1. The Morgan fingerprint density at radius 1 is 0.956 bits per heavy atom. The zero-order chi connectivity index (χ0) is 32.0. The third kappa shape index (κ3) is 6.19. The van der Waals surface area contributed by atoms with Crippen LogP contribution >= 0.6 is 0 Å². The number of benzene rings is 1. The van der Waals surface area contributed by atoms with Gasteiger partial charge in [0.25, 0.3) is 5.91 Å². The van der Waals surface area contributed by atoms with Crippen LogP contribution in [-0.4, -0.2) is 108 Å². The van der Waals surface area contributed by atoms with Crippen molar-refractivity contribution in [1.29, 1.82) is 0 Å². The van der Waals surface area contributed by atoms with Gasteiger partial charge in [-0.1, -0.05) is 0 Å². The monoisotopic (exact) mass is 648 g/mol. The number of rotatable bonds is 6. The second kappa shape index (κ2) is 12.6. The Morgan fingerprint density at radius 2 is 1.62 bits per heavy atom. The van der Waals surface area contributed by atoms with Gasteiger partial charge in [0.2, 0.25) is 27.7 Å². The number of piperidine rings is 4. The first kappa shape index (κ1) is 31.8. The van der Waals surface area contributed by atoms with Gasteiger partial charge in [0.05, 0.1) is 10.9 Å². The molecule has 1 aromatic carbocycles. The number of nitrogens with zero attached hydrogens (tertiary/aromatic N) is 4. The van der Waals surface area contributed by atoms with E-state index in [4.69, 9.17) is 5.73 Å². The van der Waals surface area contributed by atoms with Gasteiger partial charge in [-0.05, 0) is 63.0 Å². The standard InChI is InChI=1S/C30H41FN6O7S/c31-23-16-21-22(30(42)37(29(21)41)24-1-2-26(38)33-28(24)40)17-25(23)34-9-3-18(4-10-34)15-27(39)35-11-7-20(8-12-35)45(43,44)36-13-5-19(32)6-14-36/h16-20,24,29,41H,1-15,32H2,(H,33,38,40). The molecule has 5 heterocycles. The van der Waals surface area contributed by atoms with Crippen LogP contribution < -0.4 is 16.0 Å². The summed E-state index contributed by atoms with van der Waals surface area (Å²) < 4.78 is 43.1. The predicted molar refractivity (Wildman–Crippen MR) is 161 cm³/mol. The molecule has 0 aliphatic carbocycles. The van der Waals surface area contributed by atoms with Gasteiger partial charge in [0.15, 0.2) is 6.23 Å². The Balaban J connectivity index is 1.01. The quantitative estimate of drug-likeness (QED) is 0.370. The van der Waals surface area contributed by atoms with Crippen molar-refractivity contribution in [3.63, 3.8) is 0 Å². The summed E-state index contributed by atoms with van der Waals surface area (Å²) in [5, 5.41) is 12.5. The lowest BCUT2D eigenvalue weighted by Crippen LogP contribution is -2.53. The number of hydrogen-bond donors (Lipinski definition) is 3. The van der Waals surface area contributed by atoms with E-state index in [1.807, 2.05) is 4.90 Å². The number of nitrogens with one attached hydrogen (secondary N) is 1. The average molecular weight is 649 g/mol. The first-order chi connectivity index (χ1) is 21.4. The number of anilines is 1. The lowest BCUT2D eigenvalue weighted by Gasteiger charge is -2.38. The summed E-state index contributed by atoms with van der Waals surface area (Å²) in [7, 11) is -3.41. The number of sulfonamides is 1. The van der Waals surface area contributed by atoms with Crippen molar-refractivity contribution in [2.24, 2.45) is 11.7 Å². The van der Waals surface area contributed by atoms with Crippen molar-refractivity contribution in [3.8, 4) is 0 Å². The third-order valence-electron chi connectivity index (χ3n) is 10.2. The van der Waals surface area contributed by atoms with E-state index in [1.165, 1.54) is 6.07 Å². The molecule has 6 rings (SSSR count). The van der Waals surface area contributed by atoms with E-state index in [0.29, 0.717) is 84.2 Å². The second-order valence-electron chi connectivity index (χ2n) is 12.9. The fraction of sp³-hybridized carbons (Fsp3) is 0.667. The van der Waals surface area contributed by atoms with Gasteiger partial charge in [-0.2, -0.15) is 0 Å². The average Bonchev–Trinajstić information content (AvgIpc) is 3.25. The van der Waals surface area contributed by atoms with Gasteiger partial charge < -0.3 is 20.6 Å². The van der Waals surface area contributed by atoms with Crippen LogP contribution in [0, 0.1) is 11.7 Å². The van der Waals surface area contributed by atoms with Gasteiger partial charge in [0.1, 0.15) is 11.9 Å². The number of aliphatic hydroxyl groups is 1. The van der Waals surface area contributed by atoms with E-state index in [1.54, 1.807) is 9.21 Å². The fourth-order valence-electron chi connectivity index (χ4n) is 7.38. The van der Waals surface area contributed by atoms with Crippen LogP contribution in [-0.2, 0) is 24.4 Å². The summed E-state index contributed by atoms with van der Waals surface area (Å²) in [6.07, 6.45) is 2.41. The van der Waals surface area contributed by atoms with Crippen LogP contribution in [0.25, 0.3) is 0 Å². The minimum atomic E-state index is -3.41. The molecular formula is C30H41FN6O7S. The molecule has 15 heteroatoms. The second-order valence-corrected chi connectivity index (χ2v) is 15.2. The van der Waals surface area contributed by atoms with Crippen LogP contribution in [0.4, 0.5) is 10.1 Å². The van der Waals surface area contributed by atoms with Crippen LogP contribution in [0.5, 0.6) is 0 Å². The third-order valence-corrected chi connectivity index (χ3v) is 12.6. The molecule has 5 aliphatic heterocycles. The molecule has 4 N–H and O–H groups in total. The molecule has 45 heavy (non-hydrogen) atoms. The number of carbonyl (C=O) groups is 4. The van der Waals surface area contributed by atoms with Gasteiger partial charge in [0, 0.05) is 69.3 Å². The highest BCUT2D eigenvalue weighted by Gasteiger charge is 2.45. The number of fused-ring (bicyclic) bond motifs is 1. The minimum absolute atomic E-state index is 0.00470. The molecule has 0 saturated carbocycles. The molecule has 0 bridgehead atoms. The molecule has 0 aromatic heterocycles. The Morgan fingerprint density at radius 3 is 2.27 bits per heavy atom. The topological polar surface area (TPSA) is 174 Å². The number of likely N-dealkylation sites (tertiary alicyclic amines) is 1. The molecule has 13 nitrogen and oxygen atoms in total. The smallest absolute Gasteiger partial charge is 0.257 e. The predicted octanol–water partition coefficient (Wildman–Crippen LogP) is 0.428. The summed E-state index contributed by atoms with van der Waals surface area (Å²) in [4.78, 5) is 54.9. The first-order valence-corrected chi connectivity index (χ1v) is 17.4. The molecule has 4 amide bonds. The van der Waals surface area contributed by atoms with E-state index >= 15 is 4.39 Å².